The average Bonchev–Trinajstić information content (AvgIpc) is 3.39. The van der Waals surface area contributed by atoms with E-state index in [4.69, 9.17) is 0 Å². The van der Waals surface area contributed by atoms with Gasteiger partial charge in [-0.1, -0.05) is 32.0 Å². The van der Waals surface area contributed by atoms with Crippen LogP contribution in [-0.4, -0.2) is 26.6 Å². The van der Waals surface area contributed by atoms with Crippen molar-refractivity contribution in [1.82, 2.24) is 14.7 Å². The van der Waals surface area contributed by atoms with Crippen LogP contribution in [0, 0.1) is 25.6 Å². The first-order chi connectivity index (χ1) is 12.8. The van der Waals surface area contributed by atoms with E-state index >= 15 is 0 Å². The Morgan fingerprint density at radius 3 is 2.52 bits per heavy atom. The molecule has 1 aromatic heterocycles. The standard InChI is InChI=1S/C22H30FN3O/c1-14(2)13-25-16(4)20(15(3)24-25)12-22(27)26(18-10-11-18)17(5)19-8-6-7-9-21(19)23/h6-9,14,17-18H,10-13H2,1-5H3. The summed E-state index contributed by atoms with van der Waals surface area (Å²) in [5, 5.41) is 4.63. The van der Waals surface area contributed by atoms with E-state index in [1.54, 1.807) is 12.1 Å². The van der Waals surface area contributed by atoms with Crippen LogP contribution in [0.25, 0.3) is 0 Å². The van der Waals surface area contributed by atoms with Gasteiger partial charge in [-0.05, 0) is 45.6 Å². The molecular weight excluding hydrogens is 341 g/mol. The molecule has 1 amide bonds. The Labute approximate surface area is 161 Å². The van der Waals surface area contributed by atoms with Crippen molar-refractivity contribution < 1.29 is 9.18 Å². The highest BCUT2D eigenvalue weighted by Crippen LogP contribution is 2.36. The summed E-state index contributed by atoms with van der Waals surface area (Å²) < 4.78 is 16.3. The van der Waals surface area contributed by atoms with Gasteiger partial charge in [-0.2, -0.15) is 5.10 Å². The van der Waals surface area contributed by atoms with Crippen molar-refractivity contribution in [2.75, 3.05) is 0 Å². The van der Waals surface area contributed by atoms with Gasteiger partial charge in [-0.25, -0.2) is 4.39 Å². The van der Waals surface area contributed by atoms with Crippen molar-refractivity contribution in [2.24, 2.45) is 5.92 Å². The van der Waals surface area contributed by atoms with E-state index in [-0.39, 0.29) is 23.8 Å². The number of hydrogen-bond donors (Lipinski definition) is 0. The molecule has 1 aromatic carbocycles. The summed E-state index contributed by atoms with van der Waals surface area (Å²) in [4.78, 5) is 15.1. The molecule has 0 radical (unpaired) electrons. The second-order valence-electron chi connectivity index (χ2n) is 8.13. The fourth-order valence-corrected chi connectivity index (χ4v) is 3.81. The lowest BCUT2D eigenvalue weighted by Gasteiger charge is -2.30. The predicted octanol–water partition coefficient (Wildman–Crippen LogP) is 4.59. The molecule has 1 aliphatic carbocycles. The van der Waals surface area contributed by atoms with Gasteiger partial charge in [0.15, 0.2) is 0 Å². The second kappa shape index (κ2) is 7.83. The molecule has 0 saturated heterocycles. The lowest BCUT2D eigenvalue weighted by atomic mass is 10.0. The number of carbonyl (C=O) groups is 1. The molecule has 0 N–H and O–H groups in total. The molecule has 146 valence electrons. The Kier molecular flexibility index (Phi) is 5.68. The smallest absolute Gasteiger partial charge is 0.227 e. The van der Waals surface area contributed by atoms with Crippen LogP contribution in [0.15, 0.2) is 24.3 Å². The maximum Gasteiger partial charge on any atom is 0.227 e. The maximum absolute atomic E-state index is 14.3. The molecular formula is C22H30FN3O. The number of carbonyl (C=O) groups excluding carboxylic acids is 1. The van der Waals surface area contributed by atoms with Crippen LogP contribution in [-0.2, 0) is 17.8 Å². The third kappa shape index (κ3) is 4.23. The molecule has 1 heterocycles. The number of nitrogens with zero attached hydrogens (tertiary/aromatic N) is 3. The van der Waals surface area contributed by atoms with Crippen molar-refractivity contribution in [3.63, 3.8) is 0 Å². The first-order valence-corrected chi connectivity index (χ1v) is 9.88. The summed E-state index contributed by atoms with van der Waals surface area (Å²) in [5.41, 5.74) is 3.56. The van der Waals surface area contributed by atoms with E-state index in [2.05, 4.69) is 18.9 Å². The average molecular weight is 372 g/mol. The van der Waals surface area contributed by atoms with Crippen LogP contribution in [0.4, 0.5) is 4.39 Å². The zero-order valence-corrected chi connectivity index (χ0v) is 17.0. The highest BCUT2D eigenvalue weighted by Gasteiger charge is 2.37. The Balaban J connectivity index is 1.83. The van der Waals surface area contributed by atoms with Gasteiger partial charge in [0.2, 0.25) is 5.91 Å². The molecule has 1 atom stereocenters. The fraction of sp³-hybridized carbons (Fsp3) is 0.545. The normalized spacial score (nSPS) is 15.2. The van der Waals surface area contributed by atoms with Gasteiger partial charge in [0.1, 0.15) is 5.82 Å². The summed E-state index contributed by atoms with van der Waals surface area (Å²) in [6.45, 7) is 11.1. The van der Waals surface area contributed by atoms with E-state index in [1.807, 2.05) is 36.4 Å². The molecule has 1 aliphatic rings. The summed E-state index contributed by atoms with van der Waals surface area (Å²) in [6, 6.07) is 6.71. The van der Waals surface area contributed by atoms with Crippen LogP contribution in [0.1, 0.15) is 62.2 Å². The highest BCUT2D eigenvalue weighted by atomic mass is 19.1. The van der Waals surface area contributed by atoms with E-state index < -0.39 is 0 Å². The van der Waals surface area contributed by atoms with Crippen molar-refractivity contribution in [1.29, 1.82) is 0 Å². The molecule has 0 aliphatic heterocycles. The van der Waals surface area contributed by atoms with Crippen LogP contribution >= 0.6 is 0 Å². The topological polar surface area (TPSA) is 38.1 Å². The summed E-state index contributed by atoms with van der Waals surface area (Å²) in [7, 11) is 0. The van der Waals surface area contributed by atoms with E-state index in [0.29, 0.717) is 17.9 Å². The lowest BCUT2D eigenvalue weighted by Crippen LogP contribution is -2.37. The highest BCUT2D eigenvalue weighted by molar-refractivity contribution is 5.80. The first kappa shape index (κ1) is 19.6. The number of aryl methyl sites for hydroxylation is 1. The monoisotopic (exact) mass is 371 g/mol. The Hall–Kier alpha value is -2.17. The van der Waals surface area contributed by atoms with Crippen LogP contribution < -0.4 is 0 Å². The first-order valence-electron chi connectivity index (χ1n) is 9.88. The molecule has 1 unspecified atom stereocenters. The molecule has 1 saturated carbocycles. The number of halogens is 1. The van der Waals surface area contributed by atoms with Gasteiger partial charge >= 0.3 is 0 Å². The molecule has 5 heteroatoms. The molecule has 4 nitrogen and oxygen atoms in total. The molecule has 2 aromatic rings. The molecule has 27 heavy (non-hydrogen) atoms. The van der Waals surface area contributed by atoms with E-state index in [9.17, 15) is 9.18 Å². The molecule has 0 bridgehead atoms. The zero-order valence-electron chi connectivity index (χ0n) is 17.0. The number of rotatable bonds is 7. The number of aromatic nitrogens is 2. The summed E-state index contributed by atoms with van der Waals surface area (Å²) >= 11 is 0. The van der Waals surface area contributed by atoms with Crippen LogP contribution in [0.3, 0.4) is 0 Å². The largest absolute Gasteiger partial charge is 0.333 e. The Morgan fingerprint density at radius 1 is 1.26 bits per heavy atom. The van der Waals surface area contributed by atoms with Crippen molar-refractivity contribution in [3.05, 3.63) is 52.6 Å². The zero-order chi connectivity index (χ0) is 19.7. The lowest BCUT2D eigenvalue weighted by molar-refractivity contribution is -0.133. The van der Waals surface area contributed by atoms with Gasteiger partial charge in [-0.15, -0.1) is 0 Å². The third-order valence-corrected chi connectivity index (χ3v) is 5.40. The van der Waals surface area contributed by atoms with Crippen LogP contribution in [0.2, 0.25) is 0 Å². The summed E-state index contributed by atoms with van der Waals surface area (Å²) in [5.74, 6) is 0.305. The van der Waals surface area contributed by atoms with Gasteiger partial charge in [0.25, 0.3) is 0 Å². The molecule has 0 spiro atoms. The molecule has 1 fully saturated rings. The SMILES string of the molecule is Cc1nn(CC(C)C)c(C)c1CC(=O)N(C1CC1)C(C)c1ccccc1F. The number of hydrogen-bond acceptors (Lipinski definition) is 2. The minimum atomic E-state index is -0.266. The van der Waals surface area contributed by atoms with Crippen molar-refractivity contribution in [2.45, 2.75) is 72.5 Å². The summed E-state index contributed by atoms with van der Waals surface area (Å²) in [6.07, 6.45) is 2.31. The van der Waals surface area contributed by atoms with Crippen molar-refractivity contribution in [3.8, 4) is 0 Å². The predicted molar refractivity (Wildman–Crippen MR) is 105 cm³/mol. The Morgan fingerprint density at radius 2 is 1.93 bits per heavy atom. The Bertz CT molecular complexity index is 823. The van der Waals surface area contributed by atoms with Gasteiger partial charge in [-0.3, -0.25) is 9.48 Å². The fourth-order valence-electron chi connectivity index (χ4n) is 3.81. The molecule has 3 rings (SSSR count). The quantitative estimate of drug-likeness (QED) is 0.714. The maximum atomic E-state index is 14.3. The number of amides is 1. The second-order valence-corrected chi connectivity index (χ2v) is 8.13. The van der Waals surface area contributed by atoms with E-state index in [0.717, 1.165) is 36.3 Å². The minimum absolute atomic E-state index is 0.0588. The minimum Gasteiger partial charge on any atom is -0.333 e. The third-order valence-electron chi connectivity index (χ3n) is 5.40. The van der Waals surface area contributed by atoms with E-state index in [1.165, 1.54) is 6.07 Å². The van der Waals surface area contributed by atoms with Crippen LogP contribution in [0.5, 0.6) is 0 Å². The van der Waals surface area contributed by atoms with Gasteiger partial charge in [0, 0.05) is 29.4 Å². The number of benzene rings is 1. The van der Waals surface area contributed by atoms with Crippen molar-refractivity contribution >= 4 is 5.91 Å². The van der Waals surface area contributed by atoms with Gasteiger partial charge in [0.05, 0.1) is 18.2 Å². The van der Waals surface area contributed by atoms with Gasteiger partial charge < -0.3 is 4.90 Å².